The van der Waals surface area contributed by atoms with Gasteiger partial charge in [-0.15, -0.1) is 0 Å². The van der Waals surface area contributed by atoms with Gasteiger partial charge in [0, 0.05) is 12.6 Å². The summed E-state index contributed by atoms with van der Waals surface area (Å²) in [6, 6.07) is 16.5. The van der Waals surface area contributed by atoms with Crippen LogP contribution in [0, 0.1) is 11.3 Å². The molecule has 1 unspecified atom stereocenters. The van der Waals surface area contributed by atoms with Crippen molar-refractivity contribution in [3.8, 4) is 11.8 Å². The van der Waals surface area contributed by atoms with Crippen LogP contribution in [0.2, 0.25) is 0 Å². The highest BCUT2D eigenvalue weighted by molar-refractivity contribution is 5.94. The van der Waals surface area contributed by atoms with E-state index in [2.05, 4.69) is 16.2 Å². The van der Waals surface area contributed by atoms with Gasteiger partial charge in [0.25, 0.3) is 5.91 Å². The highest BCUT2D eigenvalue weighted by Crippen LogP contribution is 2.22. The predicted octanol–water partition coefficient (Wildman–Crippen LogP) is 2.97. The molecular weight excluding hydrogens is 314 g/mol. The zero-order valence-electron chi connectivity index (χ0n) is 14.0. The molecule has 0 saturated heterocycles. The van der Waals surface area contributed by atoms with Crippen LogP contribution in [0.25, 0.3) is 5.69 Å². The molecule has 3 rings (SSSR count). The fourth-order valence-corrected chi connectivity index (χ4v) is 2.57. The Hall–Kier alpha value is -3.46. The van der Waals surface area contributed by atoms with E-state index in [4.69, 9.17) is 5.26 Å². The third-order valence-electron chi connectivity index (χ3n) is 4.20. The molecule has 1 atom stereocenters. The van der Waals surface area contributed by atoms with Crippen LogP contribution in [-0.4, -0.2) is 32.6 Å². The Labute approximate surface area is 146 Å². The van der Waals surface area contributed by atoms with Gasteiger partial charge in [0.1, 0.15) is 12.7 Å². The molecule has 0 bridgehead atoms. The zero-order valence-corrected chi connectivity index (χ0v) is 14.0. The van der Waals surface area contributed by atoms with Crippen LogP contribution in [-0.2, 0) is 0 Å². The van der Waals surface area contributed by atoms with Crippen LogP contribution >= 0.6 is 0 Å². The van der Waals surface area contributed by atoms with Crippen molar-refractivity contribution in [3.63, 3.8) is 0 Å². The molecule has 1 aromatic heterocycles. The number of aromatic nitrogens is 3. The van der Waals surface area contributed by atoms with Gasteiger partial charge in [-0.1, -0.05) is 18.2 Å². The number of carbonyl (C=O) groups is 1. The summed E-state index contributed by atoms with van der Waals surface area (Å²) in [7, 11) is 1.76. The summed E-state index contributed by atoms with van der Waals surface area (Å²) in [5, 5.41) is 13.1. The Kier molecular flexibility index (Phi) is 4.57. The lowest BCUT2D eigenvalue weighted by Gasteiger charge is -2.25. The van der Waals surface area contributed by atoms with E-state index in [1.54, 1.807) is 47.2 Å². The molecule has 0 aliphatic heterocycles. The molecule has 0 spiro atoms. The van der Waals surface area contributed by atoms with Gasteiger partial charge in [-0.05, 0) is 42.8 Å². The minimum Gasteiger partial charge on any atom is -0.335 e. The van der Waals surface area contributed by atoms with E-state index in [0.717, 1.165) is 11.3 Å². The van der Waals surface area contributed by atoms with Gasteiger partial charge < -0.3 is 4.90 Å². The van der Waals surface area contributed by atoms with Gasteiger partial charge >= 0.3 is 0 Å². The first-order valence-corrected chi connectivity index (χ1v) is 7.82. The number of rotatable bonds is 4. The summed E-state index contributed by atoms with van der Waals surface area (Å²) in [6.07, 6.45) is 3.12. The number of nitrogens with zero attached hydrogens (tertiary/aromatic N) is 5. The molecular formula is C19H17N5O. The topological polar surface area (TPSA) is 74.8 Å². The fourth-order valence-electron chi connectivity index (χ4n) is 2.57. The summed E-state index contributed by atoms with van der Waals surface area (Å²) in [5.41, 5.74) is 2.90. The standard InChI is InChI=1S/C19H17N5O/c1-14(16-6-8-18(9-7-16)24-13-21-12-22-24)23(2)19(25)17-5-3-4-15(10-17)11-20/h3-10,12-14H,1-2H3. The molecule has 124 valence electrons. The number of hydrogen-bond acceptors (Lipinski definition) is 4. The number of hydrogen-bond donors (Lipinski definition) is 0. The lowest BCUT2D eigenvalue weighted by atomic mass is 10.0. The van der Waals surface area contributed by atoms with E-state index in [1.165, 1.54) is 6.33 Å². The van der Waals surface area contributed by atoms with E-state index < -0.39 is 0 Å². The fraction of sp³-hybridized carbons (Fsp3) is 0.158. The lowest BCUT2D eigenvalue weighted by Crippen LogP contribution is -2.29. The first-order chi connectivity index (χ1) is 12.1. The molecule has 0 fully saturated rings. The van der Waals surface area contributed by atoms with Crippen LogP contribution < -0.4 is 0 Å². The molecule has 0 N–H and O–H groups in total. The molecule has 1 amide bonds. The monoisotopic (exact) mass is 331 g/mol. The van der Waals surface area contributed by atoms with Gasteiger partial charge in [0.15, 0.2) is 0 Å². The molecule has 1 heterocycles. The van der Waals surface area contributed by atoms with Crippen molar-refractivity contribution in [3.05, 3.63) is 77.9 Å². The maximum absolute atomic E-state index is 12.7. The van der Waals surface area contributed by atoms with Crippen molar-refractivity contribution in [1.29, 1.82) is 5.26 Å². The quantitative estimate of drug-likeness (QED) is 0.736. The maximum atomic E-state index is 12.7. The van der Waals surface area contributed by atoms with Crippen molar-refractivity contribution in [2.24, 2.45) is 0 Å². The molecule has 0 aliphatic rings. The first-order valence-electron chi connectivity index (χ1n) is 7.82. The molecule has 2 aromatic carbocycles. The van der Waals surface area contributed by atoms with Crippen molar-refractivity contribution >= 4 is 5.91 Å². The van der Waals surface area contributed by atoms with Gasteiger partial charge in [-0.2, -0.15) is 10.4 Å². The average molecular weight is 331 g/mol. The summed E-state index contributed by atoms with van der Waals surface area (Å²) in [6.45, 7) is 1.97. The highest BCUT2D eigenvalue weighted by Gasteiger charge is 2.19. The van der Waals surface area contributed by atoms with Gasteiger partial charge in [0.05, 0.1) is 23.4 Å². The Bertz CT molecular complexity index is 910. The number of carbonyl (C=O) groups excluding carboxylic acids is 1. The van der Waals surface area contributed by atoms with Crippen LogP contribution in [0.15, 0.2) is 61.2 Å². The lowest BCUT2D eigenvalue weighted by molar-refractivity contribution is 0.0742. The zero-order chi connectivity index (χ0) is 17.8. The van der Waals surface area contributed by atoms with Crippen molar-refractivity contribution < 1.29 is 4.79 Å². The van der Waals surface area contributed by atoms with Gasteiger partial charge in [0.2, 0.25) is 0 Å². The second-order valence-corrected chi connectivity index (χ2v) is 5.72. The Morgan fingerprint density at radius 3 is 2.64 bits per heavy atom. The molecule has 6 nitrogen and oxygen atoms in total. The highest BCUT2D eigenvalue weighted by atomic mass is 16.2. The largest absolute Gasteiger partial charge is 0.335 e. The van der Waals surface area contributed by atoms with Gasteiger partial charge in [-0.25, -0.2) is 9.67 Å². The Morgan fingerprint density at radius 2 is 2.00 bits per heavy atom. The third-order valence-corrected chi connectivity index (χ3v) is 4.20. The summed E-state index contributed by atoms with van der Waals surface area (Å²) < 4.78 is 1.68. The third kappa shape index (κ3) is 3.40. The van der Waals surface area contributed by atoms with E-state index in [-0.39, 0.29) is 11.9 Å². The molecule has 0 radical (unpaired) electrons. The minimum atomic E-state index is -0.120. The summed E-state index contributed by atoms with van der Waals surface area (Å²) >= 11 is 0. The van der Waals surface area contributed by atoms with E-state index in [9.17, 15) is 4.79 Å². The maximum Gasteiger partial charge on any atom is 0.254 e. The summed E-state index contributed by atoms with van der Waals surface area (Å²) in [5.74, 6) is -0.120. The van der Waals surface area contributed by atoms with Crippen LogP contribution in [0.1, 0.15) is 34.5 Å². The minimum absolute atomic E-state index is 0.108. The van der Waals surface area contributed by atoms with E-state index >= 15 is 0 Å². The number of nitriles is 1. The Balaban J connectivity index is 1.78. The molecule has 25 heavy (non-hydrogen) atoms. The normalized spacial score (nSPS) is 11.6. The molecule has 3 aromatic rings. The molecule has 0 saturated carbocycles. The predicted molar refractivity (Wildman–Crippen MR) is 93.0 cm³/mol. The van der Waals surface area contributed by atoms with Crippen molar-refractivity contribution in [2.45, 2.75) is 13.0 Å². The van der Waals surface area contributed by atoms with Crippen LogP contribution in [0.5, 0.6) is 0 Å². The van der Waals surface area contributed by atoms with Gasteiger partial charge in [-0.3, -0.25) is 4.79 Å². The number of benzene rings is 2. The SMILES string of the molecule is CC(c1ccc(-n2cncn2)cc1)N(C)C(=O)c1cccc(C#N)c1. The van der Waals surface area contributed by atoms with Crippen molar-refractivity contribution in [1.82, 2.24) is 19.7 Å². The smallest absolute Gasteiger partial charge is 0.254 e. The number of amides is 1. The second-order valence-electron chi connectivity index (χ2n) is 5.72. The van der Waals surface area contributed by atoms with Crippen LogP contribution in [0.4, 0.5) is 0 Å². The summed E-state index contributed by atoms with van der Waals surface area (Å²) in [4.78, 5) is 18.3. The van der Waals surface area contributed by atoms with E-state index in [1.807, 2.05) is 31.2 Å². The average Bonchev–Trinajstić information content (AvgIpc) is 3.21. The Morgan fingerprint density at radius 1 is 1.24 bits per heavy atom. The first kappa shape index (κ1) is 16.4. The van der Waals surface area contributed by atoms with E-state index in [0.29, 0.717) is 11.1 Å². The second kappa shape index (κ2) is 6.97. The van der Waals surface area contributed by atoms with Crippen LogP contribution in [0.3, 0.4) is 0 Å². The molecule has 0 aliphatic carbocycles. The van der Waals surface area contributed by atoms with Crippen molar-refractivity contribution in [2.75, 3.05) is 7.05 Å². The molecule has 6 heteroatoms.